The molecule has 2 aromatic carbocycles. The largest absolute Gasteiger partial charge is 0.493 e. The second-order valence-electron chi connectivity index (χ2n) is 5.34. The van der Waals surface area contributed by atoms with Gasteiger partial charge in [0.05, 0.1) is 12.8 Å². The van der Waals surface area contributed by atoms with Gasteiger partial charge >= 0.3 is 6.61 Å². The Bertz CT molecular complexity index is 934. The number of halogens is 3. The van der Waals surface area contributed by atoms with Crippen LogP contribution < -0.4 is 19.7 Å². The number of rotatable bonds is 5. The Labute approximate surface area is 158 Å². The highest BCUT2D eigenvalue weighted by Crippen LogP contribution is 2.34. The number of methoxy groups -OCH3 is 1. The summed E-state index contributed by atoms with van der Waals surface area (Å²) in [5, 5.41) is 2.63. The number of hydrogen-bond acceptors (Lipinski definition) is 4. The maximum Gasteiger partial charge on any atom is 0.387 e. The minimum absolute atomic E-state index is 0.0157. The van der Waals surface area contributed by atoms with E-state index < -0.39 is 18.3 Å². The molecule has 0 unspecified atom stereocenters. The lowest BCUT2D eigenvalue weighted by atomic mass is 10.1. The topological polar surface area (TPSA) is 50.8 Å². The van der Waals surface area contributed by atoms with Crippen LogP contribution in [0, 0.1) is 5.82 Å². The van der Waals surface area contributed by atoms with Gasteiger partial charge in [0.2, 0.25) is 0 Å². The molecule has 1 aliphatic rings. The van der Waals surface area contributed by atoms with Crippen LogP contribution in [0.15, 0.2) is 48.2 Å². The third-order valence-corrected chi connectivity index (χ3v) is 3.99. The highest BCUT2D eigenvalue weighted by Gasteiger charge is 2.33. The second-order valence-corrected chi connectivity index (χ2v) is 5.72. The third-order valence-electron chi connectivity index (χ3n) is 3.71. The number of para-hydroxylation sites is 2. The Morgan fingerprint density at radius 3 is 2.59 bits per heavy atom. The van der Waals surface area contributed by atoms with Crippen molar-refractivity contribution in [1.29, 1.82) is 0 Å². The molecule has 0 saturated carbocycles. The smallest absolute Gasteiger partial charge is 0.387 e. The molecule has 1 N–H and O–H groups in total. The lowest BCUT2D eigenvalue weighted by Gasteiger charge is -2.14. The van der Waals surface area contributed by atoms with Crippen LogP contribution in [0.4, 0.5) is 18.9 Å². The molecule has 1 amide bonds. The summed E-state index contributed by atoms with van der Waals surface area (Å²) < 4.78 is 49.1. The molecule has 0 atom stereocenters. The molecule has 0 bridgehead atoms. The van der Waals surface area contributed by atoms with Crippen molar-refractivity contribution in [1.82, 2.24) is 5.32 Å². The monoisotopic (exact) mass is 394 g/mol. The Kier molecular flexibility index (Phi) is 5.31. The molecular formula is C18H13F3N2O3S. The van der Waals surface area contributed by atoms with Gasteiger partial charge in [-0.1, -0.05) is 24.3 Å². The Morgan fingerprint density at radius 1 is 1.19 bits per heavy atom. The molecule has 0 spiro atoms. The van der Waals surface area contributed by atoms with E-state index in [2.05, 4.69) is 10.1 Å². The molecule has 1 fully saturated rings. The number of amides is 1. The highest BCUT2D eigenvalue weighted by molar-refractivity contribution is 7.80. The van der Waals surface area contributed by atoms with E-state index in [1.165, 1.54) is 43.5 Å². The maximum absolute atomic E-state index is 14.0. The van der Waals surface area contributed by atoms with Crippen molar-refractivity contribution in [3.63, 3.8) is 0 Å². The Balaban J connectivity index is 2.01. The molecule has 1 aliphatic heterocycles. The standard InChI is InChI=1S/C18H13F3N2O3S/c1-25-14-8-4-5-10(15(14)26-17(20)21)9-12-16(24)23(18(27)22-12)13-7-3-2-6-11(13)19/h2-9,17H,1H3,(H,22,27)/b12-9+. The fourth-order valence-corrected chi connectivity index (χ4v) is 2.86. The van der Waals surface area contributed by atoms with E-state index in [9.17, 15) is 18.0 Å². The van der Waals surface area contributed by atoms with E-state index in [0.29, 0.717) is 0 Å². The zero-order valence-corrected chi connectivity index (χ0v) is 14.7. The van der Waals surface area contributed by atoms with Gasteiger partial charge in [0.1, 0.15) is 11.5 Å². The van der Waals surface area contributed by atoms with Crippen LogP contribution in [-0.2, 0) is 4.79 Å². The van der Waals surface area contributed by atoms with E-state index in [4.69, 9.17) is 17.0 Å². The zero-order chi connectivity index (χ0) is 19.6. The van der Waals surface area contributed by atoms with Gasteiger partial charge in [-0.15, -0.1) is 0 Å². The molecule has 1 saturated heterocycles. The minimum Gasteiger partial charge on any atom is -0.493 e. The average Bonchev–Trinajstić information content (AvgIpc) is 2.90. The number of benzene rings is 2. The molecule has 5 nitrogen and oxygen atoms in total. The number of nitrogens with zero attached hydrogens (tertiary/aromatic N) is 1. The third kappa shape index (κ3) is 3.72. The molecule has 0 aromatic heterocycles. The molecule has 27 heavy (non-hydrogen) atoms. The van der Waals surface area contributed by atoms with Crippen molar-refractivity contribution in [2.24, 2.45) is 0 Å². The SMILES string of the molecule is COc1cccc(/C=C2/NC(=S)N(c3ccccc3F)C2=O)c1OC(F)F. The van der Waals surface area contributed by atoms with Crippen LogP contribution in [0.5, 0.6) is 11.5 Å². The van der Waals surface area contributed by atoms with Gasteiger partial charge in [-0.2, -0.15) is 8.78 Å². The van der Waals surface area contributed by atoms with Crippen LogP contribution in [0.3, 0.4) is 0 Å². The van der Waals surface area contributed by atoms with E-state index in [1.54, 1.807) is 12.1 Å². The quantitative estimate of drug-likeness (QED) is 0.619. The van der Waals surface area contributed by atoms with Gasteiger partial charge in [-0.25, -0.2) is 9.29 Å². The lowest BCUT2D eigenvalue weighted by molar-refractivity contribution is -0.113. The first-order chi connectivity index (χ1) is 12.9. The van der Waals surface area contributed by atoms with Crippen LogP contribution in [0.2, 0.25) is 0 Å². The number of anilines is 1. The summed E-state index contributed by atoms with van der Waals surface area (Å²) >= 11 is 5.11. The van der Waals surface area contributed by atoms with Crippen molar-refractivity contribution in [3.05, 3.63) is 59.5 Å². The molecule has 9 heteroatoms. The van der Waals surface area contributed by atoms with Gasteiger partial charge < -0.3 is 14.8 Å². The summed E-state index contributed by atoms with van der Waals surface area (Å²) in [4.78, 5) is 13.7. The van der Waals surface area contributed by atoms with Crippen LogP contribution >= 0.6 is 12.2 Å². The summed E-state index contributed by atoms with van der Waals surface area (Å²) in [6.45, 7) is -3.08. The summed E-state index contributed by atoms with van der Waals surface area (Å²) in [6.07, 6.45) is 1.29. The highest BCUT2D eigenvalue weighted by atomic mass is 32.1. The normalized spacial score (nSPS) is 15.4. The molecule has 140 valence electrons. The first-order valence-corrected chi connectivity index (χ1v) is 8.06. The Hall–Kier alpha value is -3.07. The number of hydrogen-bond donors (Lipinski definition) is 1. The predicted octanol–water partition coefficient (Wildman–Crippen LogP) is 3.70. The van der Waals surface area contributed by atoms with E-state index >= 15 is 0 Å². The van der Waals surface area contributed by atoms with E-state index in [0.717, 1.165) is 4.90 Å². The lowest BCUT2D eigenvalue weighted by Crippen LogP contribution is -2.31. The summed E-state index contributed by atoms with van der Waals surface area (Å²) in [5.74, 6) is -1.41. The minimum atomic E-state index is -3.08. The average molecular weight is 394 g/mol. The van der Waals surface area contributed by atoms with Gasteiger partial charge in [0.25, 0.3) is 5.91 Å². The summed E-state index contributed by atoms with van der Waals surface area (Å²) in [6, 6.07) is 10.1. The Morgan fingerprint density at radius 2 is 1.93 bits per heavy atom. The second kappa shape index (κ2) is 7.67. The fourth-order valence-electron chi connectivity index (χ4n) is 2.56. The number of nitrogens with one attached hydrogen (secondary N) is 1. The van der Waals surface area contributed by atoms with Gasteiger partial charge in [0.15, 0.2) is 16.6 Å². The number of carbonyl (C=O) groups excluding carboxylic acids is 1. The van der Waals surface area contributed by atoms with Gasteiger partial charge in [-0.05, 0) is 36.5 Å². The number of ether oxygens (including phenoxy) is 2. The van der Waals surface area contributed by atoms with Crippen molar-refractivity contribution >= 4 is 35.0 Å². The van der Waals surface area contributed by atoms with Gasteiger partial charge in [0, 0.05) is 5.56 Å². The molecule has 0 aliphatic carbocycles. The zero-order valence-electron chi connectivity index (χ0n) is 13.9. The van der Waals surface area contributed by atoms with Gasteiger partial charge in [-0.3, -0.25) is 4.79 Å². The number of alkyl halides is 2. The van der Waals surface area contributed by atoms with E-state index in [1.807, 2.05) is 0 Å². The molecule has 3 rings (SSSR count). The van der Waals surface area contributed by atoms with Crippen molar-refractivity contribution in [3.8, 4) is 11.5 Å². The molecule has 2 aromatic rings. The molecule has 0 radical (unpaired) electrons. The predicted molar refractivity (Wildman–Crippen MR) is 97.2 cm³/mol. The van der Waals surface area contributed by atoms with Crippen LogP contribution in [-0.4, -0.2) is 24.7 Å². The van der Waals surface area contributed by atoms with Crippen molar-refractivity contribution < 1.29 is 27.4 Å². The molecule has 1 heterocycles. The first-order valence-electron chi connectivity index (χ1n) is 7.66. The first kappa shape index (κ1) is 18.7. The number of thiocarbonyl (C=S) groups is 1. The fraction of sp³-hybridized carbons (Fsp3) is 0.111. The van der Waals surface area contributed by atoms with Crippen molar-refractivity contribution in [2.45, 2.75) is 6.61 Å². The van der Waals surface area contributed by atoms with E-state index in [-0.39, 0.29) is 33.6 Å². The summed E-state index contributed by atoms with van der Waals surface area (Å²) in [7, 11) is 1.30. The molecular weight excluding hydrogens is 381 g/mol. The van der Waals surface area contributed by atoms with Crippen LogP contribution in [0.25, 0.3) is 6.08 Å². The summed E-state index contributed by atoms with van der Waals surface area (Å²) in [5.41, 5.74) is 0.136. The van der Waals surface area contributed by atoms with Crippen molar-refractivity contribution in [2.75, 3.05) is 12.0 Å². The van der Waals surface area contributed by atoms with Crippen LogP contribution in [0.1, 0.15) is 5.56 Å². The maximum atomic E-state index is 14.0. The number of carbonyl (C=O) groups is 1.